The number of carbonyl (C=O) groups excluding carboxylic acids is 1. The molecule has 0 aliphatic heterocycles. The Morgan fingerprint density at radius 2 is 2.05 bits per heavy atom. The van der Waals surface area contributed by atoms with Crippen molar-refractivity contribution in [3.05, 3.63) is 51.8 Å². The van der Waals surface area contributed by atoms with Crippen LogP contribution in [0.5, 0.6) is 11.6 Å². The summed E-state index contributed by atoms with van der Waals surface area (Å²) in [5.41, 5.74) is 0.966. The summed E-state index contributed by atoms with van der Waals surface area (Å²) in [6, 6.07) is 7.63. The van der Waals surface area contributed by atoms with E-state index >= 15 is 0 Å². The Morgan fingerprint density at radius 1 is 1.30 bits per heavy atom. The van der Waals surface area contributed by atoms with E-state index in [1.807, 2.05) is 13.0 Å². The monoisotopic (exact) mass is 274 g/mol. The lowest BCUT2D eigenvalue weighted by Gasteiger charge is -2.11. The van der Waals surface area contributed by atoms with Crippen molar-refractivity contribution in [2.45, 2.75) is 6.92 Å². The molecule has 0 atom stereocenters. The number of rotatable bonds is 3. The predicted octanol–water partition coefficient (Wildman–Crippen LogP) is 1.65. The number of methoxy groups -OCH3 is 1. The van der Waals surface area contributed by atoms with Gasteiger partial charge in [0.25, 0.3) is 11.5 Å². The van der Waals surface area contributed by atoms with E-state index in [0.717, 1.165) is 11.6 Å². The third-order valence-electron chi connectivity index (χ3n) is 2.70. The maximum Gasteiger partial charge on any atom is 0.256 e. The first kappa shape index (κ1) is 13.7. The summed E-state index contributed by atoms with van der Waals surface area (Å²) < 4.78 is 5.15. The van der Waals surface area contributed by atoms with Crippen LogP contribution in [0.4, 0.5) is 5.69 Å². The average Bonchev–Trinajstić information content (AvgIpc) is 2.37. The Bertz CT molecular complexity index is 707. The number of hydrogen-bond donors (Lipinski definition) is 3. The Balaban J connectivity index is 2.32. The Kier molecular flexibility index (Phi) is 3.74. The fourth-order valence-electron chi connectivity index (χ4n) is 1.77. The Labute approximate surface area is 115 Å². The lowest BCUT2D eigenvalue weighted by molar-refractivity contribution is 0.102. The molecule has 1 aromatic heterocycles. The van der Waals surface area contributed by atoms with Crippen LogP contribution in [-0.2, 0) is 0 Å². The van der Waals surface area contributed by atoms with E-state index in [4.69, 9.17) is 4.74 Å². The van der Waals surface area contributed by atoms with Gasteiger partial charge in [-0.3, -0.25) is 14.6 Å². The number of nitrogens with one attached hydrogen (secondary N) is 2. The number of aromatic hydroxyl groups is 1. The molecular formula is C14H14N2O4. The summed E-state index contributed by atoms with van der Waals surface area (Å²) in [7, 11) is 1.50. The molecule has 6 heteroatoms. The molecule has 0 aliphatic rings. The molecule has 0 fully saturated rings. The van der Waals surface area contributed by atoms with E-state index in [2.05, 4.69) is 10.3 Å². The van der Waals surface area contributed by atoms with Gasteiger partial charge in [0, 0.05) is 12.1 Å². The highest BCUT2D eigenvalue weighted by Crippen LogP contribution is 2.25. The second kappa shape index (κ2) is 5.48. The van der Waals surface area contributed by atoms with Gasteiger partial charge in [-0.05, 0) is 24.6 Å². The highest BCUT2D eigenvalue weighted by molar-refractivity contribution is 6.05. The molecule has 0 saturated heterocycles. The van der Waals surface area contributed by atoms with E-state index in [0.29, 0.717) is 11.4 Å². The highest BCUT2D eigenvalue weighted by Gasteiger charge is 2.11. The molecule has 1 aromatic carbocycles. The normalized spacial score (nSPS) is 10.1. The molecule has 0 radical (unpaired) electrons. The molecule has 0 spiro atoms. The molecule has 104 valence electrons. The van der Waals surface area contributed by atoms with Gasteiger partial charge < -0.3 is 15.2 Å². The third kappa shape index (κ3) is 2.97. The highest BCUT2D eigenvalue weighted by atomic mass is 16.5. The van der Waals surface area contributed by atoms with Gasteiger partial charge in [-0.1, -0.05) is 6.07 Å². The molecule has 0 bridgehead atoms. The van der Waals surface area contributed by atoms with E-state index in [9.17, 15) is 14.7 Å². The van der Waals surface area contributed by atoms with E-state index in [1.54, 1.807) is 12.1 Å². The first-order valence-electron chi connectivity index (χ1n) is 5.89. The SMILES string of the molecule is COc1ccc(C)cc1NC(=O)c1cc(O)[nH]c(=O)c1. The van der Waals surface area contributed by atoms with Crippen LogP contribution in [0.2, 0.25) is 0 Å². The van der Waals surface area contributed by atoms with Crippen molar-refractivity contribution in [2.75, 3.05) is 12.4 Å². The van der Waals surface area contributed by atoms with Gasteiger partial charge in [-0.15, -0.1) is 0 Å². The van der Waals surface area contributed by atoms with Crippen LogP contribution in [0, 0.1) is 6.92 Å². The first-order chi connectivity index (χ1) is 9.49. The largest absolute Gasteiger partial charge is 0.495 e. The van der Waals surface area contributed by atoms with Crippen LogP contribution in [0.15, 0.2) is 35.1 Å². The van der Waals surface area contributed by atoms with Crippen LogP contribution < -0.4 is 15.6 Å². The molecule has 2 aromatic rings. The summed E-state index contributed by atoms with van der Waals surface area (Å²) in [4.78, 5) is 25.4. The summed E-state index contributed by atoms with van der Waals surface area (Å²) in [5.74, 6) is -0.354. The minimum absolute atomic E-state index is 0.0646. The molecule has 2 rings (SSSR count). The Morgan fingerprint density at radius 3 is 2.70 bits per heavy atom. The maximum atomic E-state index is 12.1. The smallest absolute Gasteiger partial charge is 0.256 e. The molecule has 1 heterocycles. The van der Waals surface area contributed by atoms with Crippen molar-refractivity contribution in [1.29, 1.82) is 0 Å². The van der Waals surface area contributed by atoms with Crippen LogP contribution in [0.25, 0.3) is 0 Å². The summed E-state index contributed by atoms with van der Waals surface area (Å²) >= 11 is 0. The second-order valence-electron chi connectivity index (χ2n) is 4.28. The lowest BCUT2D eigenvalue weighted by Crippen LogP contribution is -2.16. The molecular weight excluding hydrogens is 260 g/mol. The molecule has 1 amide bonds. The topological polar surface area (TPSA) is 91.4 Å². The maximum absolute atomic E-state index is 12.1. The zero-order chi connectivity index (χ0) is 14.7. The van der Waals surface area contributed by atoms with E-state index < -0.39 is 11.5 Å². The second-order valence-corrected chi connectivity index (χ2v) is 4.28. The van der Waals surface area contributed by atoms with Gasteiger partial charge in [-0.25, -0.2) is 0 Å². The van der Waals surface area contributed by atoms with Gasteiger partial charge in [-0.2, -0.15) is 0 Å². The summed E-state index contributed by atoms with van der Waals surface area (Å²) in [6.45, 7) is 1.88. The minimum atomic E-state index is -0.550. The number of hydrogen-bond acceptors (Lipinski definition) is 4. The lowest BCUT2D eigenvalue weighted by atomic mass is 10.2. The number of aromatic nitrogens is 1. The molecule has 20 heavy (non-hydrogen) atoms. The number of H-pyrrole nitrogens is 1. The number of ether oxygens (including phenoxy) is 1. The standard InChI is InChI=1S/C14H14N2O4/c1-8-3-4-11(20-2)10(5-8)15-14(19)9-6-12(17)16-13(18)7-9/h3-7H,1-2H3,(H,15,19)(H2,16,17,18). The number of carbonyl (C=O) groups is 1. The minimum Gasteiger partial charge on any atom is -0.495 e. The van der Waals surface area contributed by atoms with Crippen LogP contribution in [0.3, 0.4) is 0 Å². The van der Waals surface area contributed by atoms with Crippen molar-refractivity contribution >= 4 is 11.6 Å². The fraction of sp³-hybridized carbons (Fsp3) is 0.143. The van der Waals surface area contributed by atoms with E-state index in [-0.39, 0.29) is 11.4 Å². The van der Waals surface area contributed by atoms with Crippen molar-refractivity contribution in [2.24, 2.45) is 0 Å². The van der Waals surface area contributed by atoms with Gasteiger partial charge in [0.2, 0.25) is 0 Å². The zero-order valence-corrected chi connectivity index (χ0v) is 11.1. The molecule has 0 saturated carbocycles. The number of anilines is 1. The summed E-state index contributed by atoms with van der Waals surface area (Å²) in [6.07, 6.45) is 0. The van der Waals surface area contributed by atoms with Crippen LogP contribution in [-0.4, -0.2) is 23.1 Å². The van der Waals surface area contributed by atoms with Crippen molar-refractivity contribution in [1.82, 2.24) is 4.98 Å². The quantitative estimate of drug-likeness (QED) is 0.793. The number of aryl methyl sites for hydroxylation is 1. The third-order valence-corrected chi connectivity index (χ3v) is 2.70. The number of amides is 1. The average molecular weight is 274 g/mol. The van der Waals surface area contributed by atoms with Crippen molar-refractivity contribution in [3.8, 4) is 11.6 Å². The zero-order valence-electron chi connectivity index (χ0n) is 11.1. The van der Waals surface area contributed by atoms with Crippen LogP contribution in [0.1, 0.15) is 15.9 Å². The Hall–Kier alpha value is -2.76. The van der Waals surface area contributed by atoms with Crippen molar-refractivity contribution < 1.29 is 14.6 Å². The van der Waals surface area contributed by atoms with E-state index in [1.165, 1.54) is 13.2 Å². The van der Waals surface area contributed by atoms with Gasteiger partial charge in [0.1, 0.15) is 5.75 Å². The van der Waals surface area contributed by atoms with Gasteiger partial charge in [0.15, 0.2) is 5.88 Å². The molecule has 6 nitrogen and oxygen atoms in total. The fourth-order valence-corrected chi connectivity index (χ4v) is 1.77. The van der Waals surface area contributed by atoms with Gasteiger partial charge in [0.05, 0.1) is 18.4 Å². The predicted molar refractivity (Wildman–Crippen MR) is 74.4 cm³/mol. The molecule has 0 unspecified atom stereocenters. The van der Waals surface area contributed by atoms with Crippen molar-refractivity contribution in [3.63, 3.8) is 0 Å². The number of aromatic amines is 1. The molecule has 3 N–H and O–H groups in total. The van der Waals surface area contributed by atoms with Gasteiger partial charge >= 0.3 is 0 Å². The van der Waals surface area contributed by atoms with Crippen LogP contribution >= 0.6 is 0 Å². The first-order valence-corrected chi connectivity index (χ1v) is 5.89. The number of benzene rings is 1. The number of pyridine rings is 1. The molecule has 0 aliphatic carbocycles. The summed E-state index contributed by atoms with van der Waals surface area (Å²) in [5, 5.41) is 11.9.